The lowest BCUT2D eigenvalue weighted by Crippen LogP contribution is -2.58. The first kappa shape index (κ1) is 40.1. The van der Waals surface area contributed by atoms with Crippen LogP contribution in [0.15, 0.2) is 61.3 Å². The molecule has 1 unspecified atom stereocenters. The molecule has 0 aromatic heterocycles. The molecule has 37 heavy (non-hydrogen) atoms. The molecule has 1 atom stereocenters. The summed E-state index contributed by atoms with van der Waals surface area (Å²) in [7, 11) is 0. The Hall–Kier alpha value is -1.42. The van der Waals surface area contributed by atoms with Crippen molar-refractivity contribution in [3.63, 3.8) is 0 Å². The van der Waals surface area contributed by atoms with Gasteiger partial charge in [0.2, 0.25) is 0 Å². The third-order valence-corrected chi connectivity index (χ3v) is 5.60. The third kappa shape index (κ3) is 29.0. The molecule has 0 aromatic carbocycles. The highest BCUT2D eigenvalue weighted by Gasteiger charge is 2.27. The van der Waals surface area contributed by atoms with E-state index in [1.807, 2.05) is 73.6 Å². The van der Waals surface area contributed by atoms with Crippen LogP contribution in [0.3, 0.4) is 0 Å². The Bertz CT molecular complexity index is 535. The molecule has 3 heteroatoms. The van der Waals surface area contributed by atoms with Crippen LogP contribution in [-0.4, -0.2) is 49.2 Å². The van der Waals surface area contributed by atoms with Crippen molar-refractivity contribution in [2.24, 2.45) is 0 Å². The summed E-state index contributed by atoms with van der Waals surface area (Å²) in [6.07, 6.45) is 24.8. The summed E-state index contributed by atoms with van der Waals surface area (Å²) in [5.41, 5.74) is 1.27. The van der Waals surface area contributed by atoms with E-state index in [-0.39, 0.29) is 0 Å². The minimum atomic E-state index is 0.691. The molecule has 1 saturated heterocycles. The predicted molar refractivity (Wildman–Crippen MR) is 174 cm³/mol. The topological polar surface area (TPSA) is 27.3 Å². The third-order valence-electron chi connectivity index (χ3n) is 5.60. The fraction of sp³-hybridized carbons (Fsp3) is 0.706. The second kappa shape index (κ2) is 32.6. The number of nitrogens with one attached hydrogen (secondary N) is 2. The van der Waals surface area contributed by atoms with E-state index in [1.165, 1.54) is 63.6 Å². The van der Waals surface area contributed by atoms with Crippen LogP contribution in [0, 0.1) is 0 Å². The van der Waals surface area contributed by atoms with Gasteiger partial charge in [-0.1, -0.05) is 96.2 Å². The molecule has 0 aromatic rings. The lowest BCUT2D eigenvalue weighted by atomic mass is 10.0. The molecule has 1 heterocycles. The molecule has 1 aliphatic heterocycles. The van der Waals surface area contributed by atoms with Gasteiger partial charge < -0.3 is 10.6 Å². The van der Waals surface area contributed by atoms with E-state index in [0.717, 1.165) is 25.6 Å². The van der Waals surface area contributed by atoms with Crippen molar-refractivity contribution in [3.05, 3.63) is 61.3 Å². The molecule has 3 nitrogen and oxygen atoms in total. The van der Waals surface area contributed by atoms with Gasteiger partial charge in [0, 0.05) is 37.8 Å². The number of allylic oxidation sites excluding steroid dienone is 7. The van der Waals surface area contributed by atoms with Crippen LogP contribution < -0.4 is 10.6 Å². The number of hydrogen-bond acceptors (Lipinski definition) is 3. The van der Waals surface area contributed by atoms with Gasteiger partial charge in [-0.05, 0) is 78.7 Å². The molecule has 3 rings (SSSR count). The Balaban J connectivity index is -0.000000593. The summed E-state index contributed by atoms with van der Waals surface area (Å²) in [6.45, 7) is 30.5. The summed E-state index contributed by atoms with van der Waals surface area (Å²) in [5.74, 6) is 0. The van der Waals surface area contributed by atoms with E-state index >= 15 is 0 Å². The van der Waals surface area contributed by atoms with Gasteiger partial charge in [0.1, 0.15) is 0 Å². The Labute approximate surface area is 234 Å². The summed E-state index contributed by atoms with van der Waals surface area (Å²) < 4.78 is 0. The molecule has 0 amide bonds. The number of unbranched alkanes of at least 4 members (excludes halogenated alkanes) is 1. The van der Waals surface area contributed by atoms with Crippen molar-refractivity contribution in [2.75, 3.05) is 26.2 Å². The second-order valence-electron chi connectivity index (χ2n) is 9.05. The van der Waals surface area contributed by atoms with Crippen LogP contribution >= 0.6 is 0 Å². The largest absolute Gasteiger partial charge is 0.311 e. The number of hydrogen-bond donors (Lipinski definition) is 2. The molecular weight excluding hydrogens is 450 g/mol. The highest BCUT2D eigenvalue weighted by atomic mass is 15.2. The predicted octanol–water partition coefficient (Wildman–Crippen LogP) is 9.26. The molecule has 2 fully saturated rings. The maximum atomic E-state index is 3.98. The van der Waals surface area contributed by atoms with Crippen LogP contribution in [0.1, 0.15) is 114 Å². The van der Waals surface area contributed by atoms with Crippen molar-refractivity contribution in [1.29, 1.82) is 0 Å². The van der Waals surface area contributed by atoms with E-state index in [4.69, 9.17) is 0 Å². The van der Waals surface area contributed by atoms with Crippen molar-refractivity contribution in [1.82, 2.24) is 15.5 Å². The maximum absolute atomic E-state index is 3.98. The highest BCUT2D eigenvalue weighted by molar-refractivity contribution is 5.07. The summed E-state index contributed by atoms with van der Waals surface area (Å²) in [6, 6.07) is 2.20. The zero-order valence-electron chi connectivity index (χ0n) is 26.6. The van der Waals surface area contributed by atoms with E-state index in [1.54, 1.807) is 0 Å². The Morgan fingerprint density at radius 2 is 1.46 bits per heavy atom. The van der Waals surface area contributed by atoms with Gasteiger partial charge in [0.15, 0.2) is 0 Å². The normalized spacial score (nSPS) is 16.5. The number of rotatable bonds is 12. The van der Waals surface area contributed by atoms with Crippen molar-refractivity contribution >= 4 is 0 Å². The number of nitrogens with zero attached hydrogens (tertiary/aromatic N) is 1. The fourth-order valence-corrected chi connectivity index (χ4v) is 3.62. The maximum Gasteiger partial charge on any atom is 0.0322 e. The molecule has 2 N–H and O–H groups in total. The van der Waals surface area contributed by atoms with Gasteiger partial charge in [-0.3, -0.25) is 4.90 Å². The SMILES string of the molecule is C/C=C\C.C1=CCCC=C1.C=CCCCC(CCNC1CN(CC(=C)C)C1)NC1CC1.CC.CC.CC. The first-order valence-electron chi connectivity index (χ1n) is 15.4. The van der Waals surface area contributed by atoms with Crippen molar-refractivity contribution < 1.29 is 0 Å². The lowest BCUT2D eigenvalue weighted by molar-refractivity contribution is 0.138. The monoisotopic (exact) mass is 518 g/mol. The summed E-state index contributed by atoms with van der Waals surface area (Å²) in [5, 5.41) is 7.50. The molecule has 0 bridgehead atoms. The molecule has 218 valence electrons. The van der Waals surface area contributed by atoms with Crippen LogP contribution in [0.2, 0.25) is 0 Å². The van der Waals surface area contributed by atoms with Gasteiger partial charge in [-0.2, -0.15) is 0 Å². The Kier molecular flexibility index (Phi) is 35.3. The molecule has 3 aliphatic rings. The lowest BCUT2D eigenvalue weighted by Gasteiger charge is -2.40. The quantitative estimate of drug-likeness (QED) is 0.199. The van der Waals surface area contributed by atoms with Gasteiger partial charge >= 0.3 is 0 Å². The zero-order valence-corrected chi connectivity index (χ0v) is 26.6. The van der Waals surface area contributed by atoms with Gasteiger partial charge in [0.25, 0.3) is 0 Å². The molecule has 1 saturated carbocycles. The smallest absolute Gasteiger partial charge is 0.0322 e. The molecular formula is C34H67N3. The highest BCUT2D eigenvalue weighted by Crippen LogP contribution is 2.21. The standard InChI is InChI=1S/C18H33N3.C6H8.C4H8.3C2H6/c1-4-5-6-7-16(20-17-8-9-17)10-11-19-18-13-21(14-18)12-15(2)3;1-2-4-6-5-3-1;1-3-4-2;3*1-2/h4,16-20H,1-2,5-14H2,3H3;1-4H,5-6H2;3-4H,1-2H3;3*1-2H3/b;;4-3-;;;. The Morgan fingerprint density at radius 1 is 0.919 bits per heavy atom. The van der Waals surface area contributed by atoms with Crippen LogP contribution in [0.4, 0.5) is 0 Å². The molecule has 0 spiro atoms. The Morgan fingerprint density at radius 3 is 1.84 bits per heavy atom. The molecule has 2 aliphatic carbocycles. The number of likely N-dealkylation sites (tertiary alicyclic amines) is 1. The molecule has 0 radical (unpaired) electrons. The first-order valence-corrected chi connectivity index (χ1v) is 15.4. The van der Waals surface area contributed by atoms with Crippen LogP contribution in [0.25, 0.3) is 0 Å². The summed E-state index contributed by atoms with van der Waals surface area (Å²) in [4.78, 5) is 2.46. The van der Waals surface area contributed by atoms with E-state index < -0.39 is 0 Å². The van der Waals surface area contributed by atoms with E-state index in [0.29, 0.717) is 12.1 Å². The van der Waals surface area contributed by atoms with Gasteiger partial charge in [0.05, 0.1) is 0 Å². The summed E-state index contributed by atoms with van der Waals surface area (Å²) >= 11 is 0. The van der Waals surface area contributed by atoms with Crippen LogP contribution in [-0.2, 0) is 0 Å². The van der Waals surface area contributed by atoms with Crippen LogP contribution in [0.5, 0.6) is 0 Å². The second-order valence-corrected chi connectivity index (χ2v) is 9.05. The van der Waals surface area contributed by atoms with Gasteiger partial charge in [-0.15, -0.1) is 6.58 Å². The van der Waals surface area contributed by atoms with Crippen molar-refractivity contribution in [3.8, 4) is 0 Å². The minimum absolute atomic E-state index is 0.691. The van der Waals surface area contributed by atoms with E-state index in [2.05, 4.69) is 59.9 Å². The average Bonchev–Trinajstić information content (AvgIpc) is 3.76. The zero-order chi connectivity index (χ0) is 28.7. The average molecular weight is 518 g/mol. The van der Waals surface area contributed by atoms with Gasteiger partial charge in [-0.25, -0.2) is 0 Å². The first-order chi connectivity index (χ1) is 18.1. The minimum Gasteiger partial charge on any atom is -0.311 e. The van der Waals surface area contributed by atoms with E-state index in [9.17, 15) is 0 Å². The fourth-order valence-electron chi connectivity index (χ4n) is 3.62. The van der Waals surface area contributed by atoms with Crippen molar-refractivity contribution in [2.45, 2.75) is 132 Å².